The molecular formula is C17H27BrN2O. The summed E-state index contributed by atoms with van der Waals surface area (Å²) in [6.07, 6.45) is 1.13. The molecule has 118 valence electrons. The lowest BCUT2D eigenvalue weighted by molar-refractivity contribution is 0.253. The van der Waals surface area contributed by atoms with Crippen LogP contribution in [0.3, 0.4) is 0 Å². The van der Waals surface area contributed by atoms with Gasteiger partial charge in [0.05, 0.1) is 11.6 Å². The van der Waals surface area contributed by atoms with E-state index in [0.29, 0.717) is 12.0 Å². The summed E-state index contributed by atoms with van der Waals surface area (Å²) in [5.74, 6) is 1.49. The summed E-state index contributed by atoms with van der Waals surface area (Å²) in [5, 5.41) is 3.74. The zero-order chi connectivity index (χ0) is 15.6. The third-order valence-corrected chi connectivity index (χ3v) is 5.29. The van der Waals surface area contributed by atoms with E-state index in [4.69, 9.17) is 4.74 Å². The maximum Gasteiger partial charge on any atom is 0.133 e. The van der Waals surface area contributed by atoms with Crippen LogP contribution in [0.2, 0.25) is 0 Å². The third-order valence-electron chi connectivity index (χ3n) is 4.67. The van der Waals surface area contributed by atoms with E-state index in [-0.39, 0.29) is 5.54 Å². The molecule has 1 aromatic carbocycles. The van der Waals surface area contributed by atoms with Crippen molar-refractivity contribution in [1.82, 2.24) is 5.32 Å². The monoisotopic (exact) mass is 354 g/mol. The third kappa shape index (κ3) is 3.54. The summed E-state index contributed by atoms with van der Waals surface area (Å²) in [4.78, 5) is 2.55. The SMILES string of the molecule is CCC1(C)CN(c2ccc(OC)c(Br)c2)C(C(C)C)CN1. The Labute approximate surface area is 137 Å². The molecule has 0 saturated carbocycles. The second-order valence-electron chi connectivity index (χ2n) is 6.55. The Balaban J connectivity index is 2.33. The molecule has 2 atom stereocenters. The van der Waals surface area contributed by atoms with Crippen molar-refractivity contribution < 1.29 is 4.74 Å². The lowest BCUT2D eigenvalue weighted by Gasteiger charge is -2.48. The average molecular weight is 355 g/mol. The fourth-order valence-electron chi connectivity index (χ4n) is 2.96. The predicted octanol–water partition coefficient (Wildman–Crippen LogP) is 4.06. The van der Waals surface area contributed by atoms with Gasteiger partial charge in [0.25, 0.3) is 0 Å². The lowest BCUT2D eigenvalue weighted by Crippen LogP contribution is -2.64. The van der Waals surface area contributed by atoms with Gasteiger partial charge in [-0.05, 0) is 53.4 Å². The van der Waals surface area contributed by atoms with Crippen LogP contribution >= 0.6 is 15.9 Å². The van der Waals surface area contributed by atoms with E-state index in [1.54, 1.807) is 7.11 Å². The molecule has 0 spiro atoms. The molecule has 1 heterocycles. The number of piperazine rings is 1. The first-order valence-electron chi connectivity index (χ1n) is 7.75. The number of hydrogen-bond donors (Lipinski definition) is 1. The topological polar surface area (TPSA) is 24.5 Å². The summed E-state index contributed by atoms with van der Waals surface area (Å²) >= 11 is 3.61. The molecule has 1 N–H and O–H groups in total. The smallest absolute Gasteiger partial charge is 0.133 e. The highest BCUT2D eigenvalue weighted by Gasteiger charge is 2.36. The van der Waals surface area contributed by atoms with Crippen molar-refractivity contribution in [3.63, 3.8) is 0 Å². The van der Waals surface area contributed by atoms with Crippen LogP contribution in [0.25, 0.3) is 0 Å². The van der Waals surface area contributed by atoms with Crippen LogP contribution in [0.15, 0.2) is 22.7 Å². The van der Waals surface area contributed by atoms with Gasteiger partial charge in [-0.15, -0.1) is 0 Å². The molecule has 2 rings (SSSR count). The Morgan fingerprint density at radius 2 is 2.19 bits per heavy atom. The van der Waals surface area contributed by atoms with E-state index in [1.807, 2.05) is 6.07 Å². The highest BCUT2D eigenvalue weighted by molar-refractivity contribution is 9.10. The van der Waals surface area contributed by atoms with Gasteiger partial charge in [0.1, 0.15) is 5.75 Å². The van der Waals surface area contributed by atoms with E-state index < -0.39 is 0 Å². The van der Waals surface area contributed by atoms with Crippen LogP contribution in [-0.2, 0) is 0 Å². The fraction of sp³-hybridized carbons (Fsp3) is 0.647. The summed E-state index contributed by atoms with van der Waals surface area (Å²) in [5.41, 5.74) is 1.44. The van der Waals surface area contributed by atoms with Gasteiger partial charge in [-0.25, -0.2) is 0 Å². The fourth-order valence-corrected chi connectivity index (χ4v) is 3.49. The Hall–Kier alpha value is -0.740. The molecule has 1 aromatic rings. The molecule has 1 aliphatic heterocycles. The molecule has 0 bridgehead atoms. The summed E-state index contributed by atoms with van der Waals surface area (Å²) in [6, 6.07) is 6.91. The minimum atomic E-state index is 0.178. The van der Waals surface area contributed by atoms with E-state index in [9.17, 15) is 0 Å². The van der Waals surface area contributed by atoms with Crippen molar-refractivity contribution in [3.8, 4) is 5.75 Å². The maximum atomic E-state index is 5.35. The van der Waals surface area contributed by atoms with E-state index in [1.165, 1.54) is 5.69 Å². The lowest BCUT2D eigenvalue weighted by atomic mass is 9.89. The predicted molar refractivity (Wildman–Crippen MR) is 93.4 cm³/mol. The molecule has 1 fully saturated rings. The number of nitrogens with one attached hydrogen (secondary N) is 1. The molecule has 21 heavy (non-hydrogen) atoms. The molecular weight excluding hydrogens is 328 g/mol. The number of ether oxygens (including phenoxy) is 1. The molecule has 1 saturated heterocycles. The first-order chi connectivity index (χ1) is 9.90. The quantitative estimate of drug-likeness (QED) is 0.882. The van der Waals surface area contributed by atoms with Gasteiger partial charge in [-0.2, -0.15) is 0 Å². The molecule has 4 heteroatoms. The molecule has 1 aliphatic rings. The highest BCUT2D eigenvalue weighted by Crippen LogP contribution is 2.33. The van der Waals surface area contributed by atoms with Crippen LogP contribution in [0.4, 0.5) is 5.69 Å². The summed E-state index contributed by atoms with van der Waals surface area (Å²) in [7, 11) is 1.70. The number of anilines is 1. The zero-order valence-electron chi connectivity index (χ0n) is 13.7. The van der Waals surface area contributed by atoms with Crippen molar-refractivity contribution in [2.45, 2.75) is 45.7 Å². The van der Waals surface area contributed by atoms with Crippen molar-refractivity contribution in [3.05, 3.63) is 22.7 Å². The average Bonchev–Trinajstić information content (AvgIpc) is 2.46. The number of halogens is 1. The second-order valence-corrected chi connectivity index (χ2v) is 7.41. The van der Waals surface area contributed by atoms with Gasteiger partial charge in [-0.1, -0.05) is 20.8 Å². The standard InChI is InChI=1S/C17H27BrN2O/c1-6-17(4)11-20(15(10-19-17)12(2)3)13-7-8-16(21-5)14(18)9-13/h7-9,12,15,19H,6,10-11H2,1-5H3. The molecule has 0 aromatic heterocycles. The minimum absolute atomic E-state index is 0.178. The van der Waals surface area contributed by atoms with Gasteiger partial charge in [0, 0.05) is 30.4 Å². The maximum absolute atomic E-state index is 5.35. The Bertz CT molecular complexity index is 492. The molecule has 0 amide bonds. The van der Waals surface area contributed by atoms with Crippen molar-refractivity contribution in [2.24, 2.45) is 5.92 Å². The van der Waals surface area contributed by atoms with Crippen LogP contribution in [0.1, 0.15) is 34.1 Å². The van der Waals surface area contributed by atoms with Crippen molar-refractivity contribution in [2.75, 3.05) is 25.1 Å². The molecule has 2 unspecified atom stereocenters. The Morgan fingerprint density at radius 1 is 1.48 bits per heavy atom. The normalized spacial score (nSPS) is 26.2. The summed E-state index contributed by atoms with van der Waals surface area (Å²) < 4.78 is 6.36. The second kappa shape index (κ2) is 6.57. The highest BCUT2D eigenvalue weighted by atomic mass is 79.9. The minimum Gasteiger partial charge on any atom is -0.496 e. The van der Waals surface area contributed by atoms with Gasteiger partial charge in [-0.3, -0.25) is 0 Å². The molecule has 3 nitrogen and oxygen atoms in total. The Kier molecular flexibility index (Phi) is 5.20. The summed E-state index contributed by atoms with van der Waals surface area (Å²) in [6.45, 7) is 11.2. The first-order valence-corrected chi connectivity index (χ1v) is 8.54. The van der Waals surface area contributed by atoms with Gasteiger partial charge >= 0.3 is 0 Å². The van der Waals surface area contributed by atoms with Crippen LogP contribution in [0, 0.1) is 5.92 Å². The van der Waals surface area contributed by atoms with Crippen LogP contribution in [-0.4, -0.2) is 31.8 Å². The van der Waals surface area contributed by atoms with E-state index >= 15 is 0 Å². The number of benzene rings is 1. The molecule has 0 aliphatic carbocycles. The molecule has 0 radical (unpaired) electrons. The number of rotatable bonds is 4. The Morgan fingerprint density at radius 3 is 2.71 bits per heavy atom. The van der Waals surface area contributed by atoms with Crippen molar-refractivity contribution >= 4 is 21.6 Å². The van der Waals surface area contributed by atoms with E-state index in [2.05, 4.69) is 66.0 Å². The first kappa shape index (κ1) is 16.6. The largest absolute Gasteiger partial charge is 0.496 e. The van der Waals surface area contributed by atoms with E-state index in [0.717, 1.165) is 29.7 Å². The van der Waals surface area contributed by atoms with Gasteiger partial charge in [0.15, 0.2) is 0 Å². The number of nitrogens with zero attached hydrogens (tertiary/aromatic N) is 1. The van der Waals surface area contributed by atoms with Crippen molar-refractivity contribution in [1.29, 1.82) is 0 Å². The van der Waals surface area contributed by atoms with Gasteiger partial charge in [0.2, 0.25) is 0 Å². The van der Waals surface area contributed by atoms with Gasteiger partial charge < -0.3 is 15.0 Å². The number of hydrogen-bond acceptors (Lipinski definition) is 3. The number of methoxy groups -OCH3 is 1. The van der Waals surface area contributed by atoms with Crippen LogP contribution < -0.4 is 15.0 Å². The zero-order valence-corrected chi connectivity index (χ0v) is 15.3. The van der Waals surface area contributed by atoms with Crippen LogP contribution in [0.5, 0.6) is 5.75 Å².